The van der Waals surface area contributed by atoms with Gasteiger partial charge in [0, 0.05) is 19.6 Å². The molecule has 1 heterocycles. The van der Waals surface area contributed by atoms with Crippen molar-refractivity contribution < 1.29 is 9.59 Å². The monoisotopic (exact) mass is 283 g/mol. The Morgan fingerprint density at radius 3 is 2.15 bits per heavy atom. The Bertz CT molecular complexity index is 319. The first-order chi connectivity index (χ1) is 9.59. The number of rotatable bonds is 8. The lowest BCUT2D eigenvalue weighted by Gasteiger charge is -2.31. The lowest BCUT2D eigenvalue weighted by atomic mass is 9.78. The van der Waals surface area contributed by atoms with Crippen molar-refractivity contribution in [2.45, 2.75) is 52.4 Å². The highest BCUT2D eigenvalue weighted by Gasteiger charge is 2.35. The fraction of sp³-hybridized carbons (Fsp3) is 0.867. The van der Waals surface area contributed by atoms with E-state index in [1.54, 1.807) is 0 Å². The van der Waals surface area contributed by atoms with Crippen molar-refractivity contribution in [3.8, 4) is 0 Å². The van der Waals surface area contributed by atoms with Gasteiger partial charge in [-0.1, -0.05) is 26.7 Å². The molecule has 0 atom stereocenters. The highest BCUT2D eigenvalue weighted by atomic mass is 16.2. The molecule has 0 aromatic carbocycles. The van der Waals surface area contributed by atoms with Gasteiger partial charge in [0.15, 0.2) is 0 Å². The van der Waals surface area contributed by atoms with Crippen LogP contribution in [0.15, 0.2) is 0 Å². The Balaban J connectivity index is 2.54. The lowest BCUT2D eigenvalue weighted by Crippen LogP contribution is -2.49. The van der Waals surface area contributed by atoms with Crippen LogP contribution in [0.2, 0.25) is 0 Å². The molecule has 0 saturated carbocycles. The standard InChI is InChI=1S/C15H29N3O2/c1-3-7-15(12-16,8-4-2)14(20)17-11-13(19)18-9-5-6-10-18/h3-12,16H2,1-2H3,(H,17,20). The minimum Gasteiger partial charge on any atom is -0.347 e. The summed E-state index contributed by atoms with van der Waals surface area (Å²) in [6, 6.07) is 0. The first kappa shape index (κ1) is 17.0. The third kappa shape index (κ3) is 4.20. The summed E-state index contributed by atoms with van der Waals surface area (Å²) < 4.78 is 0. The van der Waals surface area contributed by atoms with Gasteiger partial charge in [-0.25, -0.2) is 0 Å². The Morgan fingerprint density at radius 1 is 1.15 bits per heavy atom. The van der Waals surface area contributed by atoms with Gasteiger partial charge in [-0.3, -0.25) is 9.59 Å². The van der Waals surface area contributed by atoms with E-state index in [0.29, 0.717) is 6.54 Å². The largest absolute Gasteiger partial charge is 0.347 e. The molecule has 1 saturated heterocycles. The summed E-state index contributed by atoms with van der Waals surface area (Å²) in [5.41, 5.74) is 5.35. The molecule has 1 rings (SSSR count). The van der Waals surface area contributed by atoms with Crippen molar-refractivity contribution in [2.75, 3.05) is 26.2 Å². The maximum absolute atomic E-state index is 12.4. The van der Waals surface area contributed by atoms with Crippen molar-refractivity contribution in [1.29, 1.82) is 0 Å². The Kier molecular flexibility index (Phi) is 6.99. The predicted octanol–water partition coefficient (Wildman–Crippen LogP) is 1.27. The fourth-order valence-corrected chi connectivity index (χ4v) is 3.03. The summed E-state index contributed by atoms with van der Waals surface area (Å²) in [5, 5.41) is 2.81. The van der Waals surface area contributed by atoms with Crippen molar-refractivity contribution >= 4 is 11.8 Å². The quantitative estimate of drug-likeness (QED) is 0.704. The molecule has 1 aliphatic heterocycles. The number of nitrogens with zero attached hydrogens (tertiary/aromatic N) is 1. The van der Waals surface area contributed by atoms with Crippen LogP contribution in [0.1, 0.15) is 52.4 Å². The minimum atomic E-state index is -0.505. The molecule has 1 aliphatic rings. The van der Waals surface area contributed by atoms with E-state index in [2.05, 4.69) is 19.2 Å². The van der Waals surface area contributed by atoms with Crippen molar-refractivity contribution in [2.24, 2.45) is 11.1 Å². The molecule has 2 amide bonds. The van der Waals surface area contributed by atoms with E-state index in [9.17, 15) is 9.59 Å². The predicted molar refractivity (Wildman–Crippen MR) is 80.1 cm³/mol. The third-order valence-corrected chi connectivity index (χ3v) is 4.19. The van der Waals surface area contributed by atoms with Gasteiger partial charge in [0.25, 0.3) is 0 Å². The third-order valence-electron chi connectivity index (χ3n) is 4.19. The highest BCUT2D eigenvalue weighted by molar-refractivity contribution is 5.88. The molecule has 0 radical (unpaired) electrons. The molecule has 0 unspecified atom stereocenters. The number of hydrogen-bond acceptors (Lipinski definition) is 3. The molecule has 116 valence electrons. The SMILES string of the molecule is CCCC(CN)(CCC)C(=O)NCC(=O)N1CCCC1. The smallest absolute Gasteiger partial charge is 0.241 e. The van der Waals surface area contributed by atoms with Crippen LogP contribution in [0, 0.1) is 5.41 Å². The van der Waals surface area contributed by atoms with Crippen molar-refractivity contribution in [3.63, 3.8) is 0 Å². The molecule has 0 aromatic heterocycles. The molecule has 0 aliphatic carbocycles. The van der Waals surface area contributed by atoms with E-state index in [4.69, 9.17) is 5.73 Å². The molecule has 0 bridgehead atoms. The number of hydrogen-bond donors (Lipinski definition) is 2. The van der Waals surface area contributed by atoms with E-state index >= 15 is 0 Å². The molecule has 0 spiro atoms. The van der Waals surface area contributed by atoms with Crippen LogP contribution in [0.25, 0.3) is 0 Å². The number of nitrogens with one attached hydrogen (secondary N) is 1. The van der Waals surface area contributed by atoms with Crippen LogP contribution < -0.4 is 11.1 Å². The van der Waals surface area contributed by atoms with Crippen molar-refractivity contribution in [3.05, 3.63) is 0 Å². The number of nitrogens with two attached hydrogens (primary N) is 1. The van der Waals surface area contributed by atoms with E-state index < -0.39 is 5.41 Å². The van der Waals surface area contributed by atoms with Crippen LogP contribution >= 0.6 is 0 Å². The maximum atomic E-state index is 12.4. The normalized spacial score (nSPS) is 15.4. The zero-order chi connectivity index (χ0) is 15.0. The minimum absolute atomic E-state index is 0.0229. The summed E-state index contributed by atoms with van der Waals surface area (Å²) in [6.45, 7) is 6.21. The van der Waals surface area contributed by atoms with Gasteiger partial charge in [0.2, 0.25) is 11.8 Å². The van der Waals surface area contributed by atoms with E-state index in [-0.39, 0.29) is 18.4 Å². The molecule has 0 aromatic rings. The van der Waals surface area contributed by atoms with Gasteiger partial charge in [0.05, 0.1) is 12.0 Å². The lowest BCUT2D eigenvalue weighted by molar-refractivity contribution is -0.136. The zero-order valence-corrected chi connectivity index (χ0v) is 12.9. The van der Waals surface area contributed by atoms with Crippen LogP contribution in [0.4, 0.5) is 0 Å². The average Bonchev–Trinajstić information content (AvgIpc) is 2.98. The summed E-state index contributed by atoms with van der Waals surface area (Å²) in [5.74, 6) is -0.0361. The first-order valence-electron chi connectivity index (χ1n) is 7.85. The summed E-state index contributed by atoms with van der Waals surface area (Å²) in [7, 11) is 0. The fourth-order valence-electron chi connectivity index (χ4n) is 3.03. The van der Waals surface area contributed by atoms with Crippen molar-refractivity contribution in [1.82, 2.24) is 10.2 Å². The second-order valence-electron chi connectivity index (χ2n) is 5.76. The number of likely N-dealkylation sites (tertiary alicyclic amines) is 1. The molecule has 20 heavy (non-hydrogen) atoms. The zero-order valence-electron chi connectivity index (χ0n) is 12.9. The summed E-state index contributed by atoms with van der Waals surface area (Å²) in [4.78, 5) is 26.2. The number of carbonyl (C=O) groups is 2. The molecule has 5 nitrogen and oxygen atoms in total. The molecule has 1 fully saturated rings. The molecule has 3 N–H and O–H groups in total. The second-order valence-corrected chi connectivity index (χ2v) is 5.76. The van der Waals surface area contributed by atoms with Crippen LogP contribution in [-0.4, -0.2) is 42.9 Å². The van der Waals surface area contributed by atoms with Gasteiger partial charge >= 0.3 is 0 Å². The molecular formula is C15H29N3O2. The van der Waals surface area contributed by atoms with Gasteiger partial charge < -0.3 is 16.0 Å². The first-order valence-corrected chi connectivity index (χ1v) is 7.85. The van der Waals surface area contributed by atoms with Gasteiger partial charge in [0.1, 0.15) is 0 Å². The van der Waals surface area contributed by atoms with Crippen LogP contribution in [0.5, 0.6) is 0 Å². The Labute approximate surface area is 122 Å². The Morgan fingerprint density at radius 2 is 1.70 bits per heavy atom. The number of amides is 2. The topological polar surface area (TPSA) is 75.4 Å². The second kappa shape index (κ2) is 8.25. The van der Waals surface area contributed by atoms with Gasteiger partial charge in [-0.15, -0.1) is 0 Å². The van der Waals surface area contributed by atoms with Crippen LogP contribution in [-0.2, 0) is 9.59 Å². The highest BCUT2D eigenvalue weighted by Crippen LogP contribution is 2.29. The maximum Gasteiger partial charge on any atom is 0.241 e. The van der Waals surface area contributed by atoms with E-state index in [1.165, 1.54) is 0 Å². The summed E-state index contributed by atoms with van der Waals surface area (Å²) in [6.07, 6.45) is 5.54. The molecular weight excluding hydrogens is 254 g/mol. The summed E-state index contributed by atoms with van der Waals surface area (Å²) >= 11 is 0. The number of carbonyl (C=O) groups excluding carboxylic acids is 2. The van der Waals surface area contributed by atoms with E-state index in [0.717, 1.165) is 51.6 Å². The van der Waals surface area contributed by atoms with Gasteiger partial charge in [-0.05, 0) is 25.7 Å². The molecule has 5 heteroatoms. The Hall–Kier alpha value is -1.10. The van der Waals surface area contributed by atoms with Crippen LogP contribution in [0.3, 0.4) is 0 Å². The average molecular weight is 283 g/mol. The van der Waals surface area contributed by atoms with Gasteiger partial charge in [-0.2, -0.15) is 0 Å². The van der Waals surface area contributed by atoms with E-state index in [1.807, 2.05) is 4.90 Å².